The van der Waals surface area contributed by atoms with Crippen molar-refractivity contribution in [3.63, 3.8) is 0 Å². The zero-order valence-electron chi connectivity index (χ0n) is 9.11. The van der Waals surface area contributed by atoms with E-state index in [4.69, 9.17) is 23.2 Å². The van der Waals surface area contributed by atoms with Gasteiger partial charge in [-0.25, -0.2) is 0 Å². The van der Waals surface area contributed by atoms with Gasteiger partial charge < -0.3 is 9.90 Å². The summed E-state index contributed by atoms with van der Waals surface area (Å²) in [6.45, 7) is 3.82. The molecule has 88 valence electrons. The second-order valence-electron chi connectivity index (χ2n) is 5.09. The lowest BCUT2D eigenvalue weighted by Crippen LogP contribution is -2.30. The molecule has 0 bridgehead atoms. The molecule has 4 heteroatoms. The summed E-state index contributed by atoms with van der Waals surface area (Å²) < 4.78 is -1.01. The van der Waals surface area contributed by atoms with E-state index < -0.39 is 16.2 Å². The van der Waals surface area contributed by atoms with Crippen LogP contribution in [0.15, 0.2) is 24.3 Å². The topological polar surface area (TPSA) is 40.1 Å². The van der Waals surface area contributed by atoms with Crippen LogP contribution in [0.3, 0.4) is 0 Å². The van der Waals surface area contributed by atoms with Gasteiger partial charge >= 0.3 is 0 Å². The molecule has 0 saturated heterocycles. The average molecular weight is 260 g/mol. The van der Waals surface area contributed by atoms with Gasteiger partial charge in [0.15, 0.2) is 0 Å². The first-order valence-corrected chi connectivity index (χ1v) is 5.99. The van der Waals surface area contributed by atoms with Gasteiger partial charge in [0.2, 0.25) is 0 Å². The van der Waals surface area contributed by atoms with E-state index in [1.165, 1.54) is 0 Å². The lowest BCUT2D eigenvalue weighted by Gasteiger charge is -2.28. The smallest absolute Gasteiger partial charge is 0.143 e. The van der Waals surface area contributed by atoms with E-state index in [0.29, 0.717) is 0 Å². The van der Waals surface area contributed by atoms with E-state index >= 15 is 0 Å². The van der Waals surface area contributed by atoms with Crippen LogP contribution in [0.5, 0.6) is 0 Å². The number of hydrogen-bond acceptors (Lipinski definition) is 2. The Hall–Kier alpha value is -0.470. The number of carboxylic acids is 1. The van der Waals surface area contributed by atoms with Gasteiger partial charge in [0.1, 0.15) is 4.33 Å². The van der Waals surface area contributed by atoms with Crippen molar-refractivity contribution in [2.75, 3.05) is 0 Å². The standard InChI is InChI=1S/C12H14Cl2O2/c1-11(2)8(9(11)10(15)16)7-5-3-4-6-12(7,13)14/h3-9H,1-2H3,(H,15,16)/p-1. The number of halogens is 2. The van der Waals surface area contributed by atoms with E-state index in [0.717, 1.165) is 0 Å². The third-order valence-corrected chi connectivity index (χ3v) is 4.50. The van der Waals surface area contributed by atoms with Crippen LogP contribution in [0, 0.1) is 23.2 Å². The molecule has 2 nitrogen and oxygen atoms in total. The number of carbonyl (C=O) groups is 1. The number of rotatable bonds is 2. The second kappa shape index (κ2) is 3.51. The van der Waals surface area contributed by atoms with Crippen molar-refractivity contribution in [3.05, 3.63) is 24.3 Å². The summed E-state index contributed by atoms with van der Waals surface area (Å²) in [6, 6.07) is 0. The van der Waals surface area contributed by atoms with Crippen LogP contribution in [0.25, 0.3) is 0 Å². The van der Waals surface area contributed by atoms with Crippen LogP contribution in [0.2, 0.25) is 0 Å². The minimum atomic E-state index is -1.01. The molecule has 0 aromatic rings. The zero-order valence-corrected chi connectivity index (χ0v) is 10.6. The highest BCUT2D eigenvalue weighted by Crippen LogP contribution is 2.65. The lowest BCUT2D eigenvalue weighted by molar-refractivity contribution is -0.309. The highest BCUT2D eigenvalue weighted by Gasteiger charge is 2.64. The SMILES string of the molecule is CC1(C)C(C(=O)[O-])C1C1C=CC=CC1(Cl)Cl. The molecular formula is C12H13Cl2O2-. The predicted molar refractivity (Wildman–Crippen MR) is 62.0 cm³/mol. The second-order valence-corrected chi connectivity index (χ2v) is 6.53. The molecule has 0 N–H and O–H groups in total. The Morgan fingerprint density at radius 3 is 2.38 bits per heavy atom. The van der Waals surface area contributed by atoms with E-state index in [9.17, 15) is 9.90 Å². The molecule has 3 atom stereocenters. The molecule has 0 aromatic heterocycles. The summed E-state index contributed by atoms with van der Waals surface area (Å²) >= 11 is 12.4. The van der Waals surface area contributed by atoms with E-state index in [1.807, 2.05) is 26.0 Å². The van der Waals surface area contributed by atoms with Gasteiger partial charge in [0.05, 0.1) is 0 Å². The van der Waals surface area contributed by atoms with Gasteiger partial charge in [-0.05, 0) is 17.4 Å². The minimum Gasteiger partial charge on any atom is -0.550 e. The number of carboxylic acid groups (broad SMARTS) is 1. The molecule has 0 aromatic carbocycles. The quantitative estimate of drug-likeness (QED) is 0.712. The monoisotopic (exact) mass is 259 g/mol. The number of allylic oxidation sites excluding steroid dienone is 4. The molecule has 0 radical (unpaired) electrons. The predicted octanol–water partition coefficient (Wildman–Crippen LogP) is 1.92. The Labute approximate surface area is 105 Å². The minimum absolute atomic E-state index is 0.0614. The van der Waals surface area contributed by atoms with Crippen molar-refractivity contribution in [2.45, 2.75) is 18.2 Å². The molecule has 2 aliphatic rings. The molecule has 0 spiro atoms. The maximum atomic E-state index is 11.0. The summed E-state index contributed by atoms with van der Waals surface area (Å²) in [6.07, 6.45) is 7.21. The highest BCUT2D eigenvalue weighted by molar-refractivity contribution is 6.50. The number of hydrogen-bond donors (Lipinski definition) is 0. The first-order chi connectivity index (χ1) is 7.28. The van der Waals surface area contributed by atoms with Gasteiger partial charge in [-0.3, -0.25) is 0 Å². The van der Waals surface area contributed by atoms with E-state index in [2.05, 4.69) is 0 Å². The summed E-state index contributed by atoms with van der Waals surface area (Å²) in [7, 11) is 0. The van der Waals surface area contributed by atoms with Gasteiger partial charge in [0.25, 0.3) is 0 Å². The molecule has 3 unspecified atom stereocenters. The molecule has 0 aliphatic heterocycles. The first kappa shape index (κ1) is 12.0. The molecule has 1 saturated carbocycles. The van der Waals surface area contributed by atoms with Crippen LogP contribution < -0.4 is 5.11 Å². The summed E-state index contributed by atoms with van der Waals surface area (Å²) in [5, 5.41) is 11.0. The van der Waals surface area contributed by atoms with Crippen molar-refractivity contribution < 1.29 is 9.90 Å². The van der Waals surface area contributed by atoms with Crippen LogP contribution in [-0.4, -0.2) is 10.3 Å². The van der Waals surface area contributed by atoms with Crippen LogP contribution >= 0.6 is 23.2 Å². The Kier molecular flexibility index (Phi) is 2.63. The van der Waals surface area contributed by atoms with Gasteiger partial charge in [-0.1, -0.05) is 55.3 Å². The van der Waals surface area contributed by atoms with E-state index in [1.54, 1.807) is 12.2 Å². The van der Waals surface area contributed by atoms with E-state index in [-0.39, 0.29) is 17.3 Å². The lowest BCUT2D eigenvalue weighted by atomic mass is 9.90. The Morgan fingerprint density at radius 2 is 1.94 bits per heavy atom. The van der Waals surface area contributed by atoms with Gasteiger partial charge in [-0.15, -0.1) is 0 Å². The fraction of sp³-hybridized carbons (Fsp3) is 0.583. The third-order valence-electron chi connectivity index (χ3n) is 3.74. The highest BCUT2D eigenvalue weighted by atomic mass is 35.5. The fourth-order valence-electron chi connectivity index (χ4n) is 2.76. The molecule has 2 rings (SSSR count). The normalized spacial score (nSPS) is 38.4. The van der Waals surface area contributed by atoms with Crippen LogP contribution in [0.4, 0.5) is 0 Å². The number of carbonyl (C=O) groups excluding carboxylic acids is 1. The van der Waals surface area contributed by atoms with Crippen molar-refractivity contribution >= 4 is 29.2 Å². The first-order valence-electron chi connectivity index (χ1n) is 5.23. The summed E-state index contributed by atoms with van der Waals surface area (Å²) in [5.41, 5.74) is -0.298. The molecule has 0 heterocycles. The average Bonchev–Trinajstić information content (AvgIpc) is 2.68. The maximum absolute atomic E-state index is 11.0. The Morgan fingerprint density at radius 1 is 1.31 bits per heavy atom. The van der Waals surface area contributed by atoms with Crippen molar-refractivity contribution in [3.8, 4) is 0 Å². The molecular weight excluding hydrogens is 247 g/mol. The summed E-state index contributed by atoms with van der Waals surface area (Å²) in [5.74, 6) is -1.71. The van der Waals surface area contributed by atoms with Gasteiger partial charge in [-0.2, -0.15) is 0 Å². The maximum Gasteiger partial charge on any atom is 0.143 e. The molecule has 0 amide bonds. The summed E-state index contributed by atoms with van der Waals surface area (Å²) in [4.78, 5) is 11.0. The number of alkyl halides is 2. The largest absolute Gasteiger partial charge is 0.550 e. The zero-order chi connectivity index (χ0) is 12.1. The third kappa shape index (κ3) is 1.68. The molecule has 1 fully saturated rings. The van der Waals surface area contributed by atoms with Crippen LogP contribution in [-0.2, 0) is 4.79 Å². The molecule has 2 aliphatic carbocycles. The fourth-order valence-corrected chi connectivity index (χ4v) is 3.33. The van der Waals surface area contributed by atoms with Crippen LogP contribution in [0.1, 0.15) is 13.8 Å². The van der Waals surface area contributed by atoms with Gasteiger partial charge in [0, 0.05) is 17.8 Å². The molecule has 16 heavy (non-hydrogen) atoms. The number of aliphatic carboxylic acids is 1. The Bertz CT molecular complexity index is 382. The van der Waals surface area contributed by atoms with Crippen molar-refractivity contribution in [2.24, 2.45) is 23.2 Å². The van der Waals surface area contributed by atoms with Crippen molar-refractivity contribution in [1.82, 2.24) is 0 Å². The Balaban J connectivity index is 2.25. The van der Waals surface area contributed by atoms with Crippen molar-refractivity contribution in [1.29, 1.82) is 0 Å².